The average molecular weight is 468 g/mol. The predicted molar refractivity (Wildman–Crippen MR) is 110 cm³/mol. The Morgan fingerprint density at radius 1 is 1.22 bits per heavy atom. The van der Waals surface area contributed by atoms with Crippen LogP contribution in [0.25, 0.3) is 5.57 Å². The van der Waals surface area contributed by atoms with Crippen LogP contribution >= 0.6 is 39.9 Å². The van der Waals surface area contributed by atoms with Crippen molar-refractivity contribution >= 4 is 73.3 Å². The molecule has 0 atom stereocenters. The highest BCUT2D eigenvalue weighted by Crippen LogP contribution is 2.44. The summed E-state index contributed by atoms with van der Waals surface area (Å²) in [4.78, 5) is 39.5. The van der Waals surface area contributed by atoms with Gasteiger partial charge >= 0.3 is 0 Å². The summed E-state index contributed by atoms with van der Waals surface area (Å²) in [6.07, 6.45) is 1.81. The number of carboxylic acids is 1. The van der Waals surface area contributed by atoms with Crippen LogP contribution in [0.1, 0.15) is 31.2 Å². The molecule has 1 saturated heterocycles. The maximum absolute atomic E-state index is 12.9. The van der Waals surface area contributed by atoms with Gasteiger partial charge in [-0.05, 0) is 37.5 Å². The first-order chi connectivity index (χ1) is 12.8. The van der Waals surface area contributed by atoms with E-state index in [9.17, 15) is 19.5 Å². The molecule has 2 aliphatic rings. The first kappa shape index (κ1) is 20.0. The second-order valence-electron chi connectivity index (χ2n) is 6.24. The highest BCUT2D eigenvalue weighted by molar-refractivity contribution is 9.10. The normalized spacial score (nSPS) is 19.3. The SMILES string of the molecule is CN1C(=O)/C(=C2\SC(=S)N(CCCCCC(=O)[O-])C2=O)c2cc(Br)ccc21. The third kappa shape index (κ3) is 3.95. The molecule has 0 unspecified atom stereocenters. The topological polar surface area (TPSA) is 80.8 Å². The molecule has 0 aliphatic carbocycles. The molecular weight excluding hydrogens is 452 g/mol. The summed E-state index contributed by atoms with van der Waals surface area (Å²) < 4.78 is 1.24. The number of rotatable bonds is 6. The zero-order chi connectivity index (χ0) is 19.7. The predicted octanol–water partition coefficient (Wildman–Crippen LogP) is 2.31. The van der Waals surface area contributed by atoms with Crippen LogP contribution in [0.5, 0.6) is 0 Å². The Kier molecular flexibility index (Phi) is 6.02. The lowest BCUT2D eigenvalue weighted by atomic mass is 10.1. The van der Waals surface area contributed by atoms with Gasteiger partial charge in [-0.15, -0.1) is 0 Å². The van der Waals surface area contributed by atoms with Gasteiger partial charge in [0.25, 0.3) is 11.8 Å². The Morgan fingerprint density at radius 3 is 2.67 bits per heavy atom. The largest absolute Gasteiger partial charge is 0.550 e. The lowest BCUT2D eigenvalue weighted by Crippen LogP contribution is -2.29. The zero-order valence-corrected chi connectivity index (χ0v) is 17.7. The molecular formula is C18H16BrN2O4S2-. The molecule has 0 saturated carbocycles. The van der Waals surface area contributed by atoms with E-state index in [2.05, 4.69) is 15.9 Å². The molecule has 142 valence electrons. The van der Waals surface area contributed by atoms with E-state index in [1.807, 2.05) is 18.2 Å². The smallest absolute Gasteiger partial charge is 0.267 e. The van der Waals surface area contributed by atoms with Gasteiger partial charge in [0.1, 0.15) is 4.32 Å². The van der Waals surface area contributed by atoms with Crippen molar-refractivity contribution in [1.82, 2.24) is 4.90 Å². The monoisotopic (exact) mass is 467 g/mol. The van der Waals surface area contributed by atoms with Crippen molar-refractivity contribution in [2.75, 3.05) is 18.5 Å². The van der Waals surface area contributed by atoms with Gasteiger partial charge in [-0.2, -0.15) is 0 Å². The van der Waals surface area contributed by atoms with Gasteiger partial charge < -0.3 is 14.8 Å². The van der Waals surface area contributed by atoms with Gasteiger partial charge in [-0.25, -0.2) is 0 Å². The fourth-order valence-corrected chi connectivity index (χ4v) is 4.81. The number of likely N-dealkylation sites (N-methyl/N-ethyl adjacent to an activating group) is 1. The molecule has 1 aromatic carbocycles. The molecule has 6 nitrogen and oxygen atoms in total. The Hall–Kier alpha value is -1.71. The maximum atomic E-state index is 12.9. The highest BCUT2D eigenvalue weighted by Gasteiger charge is 2.40. The number of thioether (sulfide) groups is 1. The van der Waals surface area contributed by atoms with Gasteiger partial charge in [0.2, 0.25) is 0 Å². The lowest BCUT2D eigenvalue weighted by molar-refractivity contribution is -0.305. The lowest BCUT2D eigenvalue weighted by Gasteiger charge is -2.14. The maximum Gasteiger partial charge on any atom is 0.267 e. The molecule has 27 heavy (non-hydrogen) atoms. The second-order valence-corrected chi connectivity index (χ2v) is 8.80. The molecule has 2 amide bonds. The van der Waals surface area contributed by atoms with Crippen molar-refractivity contribution in [2.24, 2.45) is 0 Å². The first-order valence-corrected chi connectivity index (χ1v) is 10.4. The summed E-state index contributed by atoms with van der Waals surface area (Å²) in [5.74, 6) is -1.56. The van der Waals surface area contributed by atoms with Crippen LogP contribution < -0.4 is 10.0 Å². The number of unbranched alkanes of at least 4 members (excludes halogenated alkanes) is 2. The van der Waals surface area contributed by atoms with Crippen molar-refractivity contribution in [3.05, 3.63) is 33.1 Å². The Morgan fingerprint density at radius 2 is 1.96 bits per heavy atom. The van der Waals surface area contributed by atoms with E-state index >= 15 is 0 Å². The van der Waals surface area contributed by atoms with E-state index in [1.165, 1.54) is 9.80 Å². The number of anilines is 1. The molecule has 2 aliphatic heterocycles. The minimum Gasteiger partial charge on any atom is -0.550 e. The third-order valence-corrected chi connectivity index (χ3v) is 6.39. The molecule has 2 heterocycles. The van der Waals surface area contributed by atoms with E-state index in [-0.39, 0.29) is 18.2 Å². The number of hydrogen-bond donors (Lipinski definition) is 0. The summed E-state index contributed by atoms with van der Waals surface area (Å²) >= 11 is 9.89. The number of thiocarbonyl (C=S) groups is 1. The number of aliphatic carboxylic acids is 1. The standard InChI is InChI=1S/C18H17BrN2O4S2/c1-20-12-7-6-10(19)9-11(12)14(16(20)24)15-17(25)21(18(26)27-15)8-4-2-3-5-13(22)23/h6-7,9H,2-5,8H2,1H3,(H,22,23)/p-1/b15-14-. The number of benzene rings is 1. The van der Waals surface area contributed by atoms with Crippen molar-refractivity contribution in [3.63, 3.8) is 0 Å². The Balaban J connectivity index is 1.81. The van der Waals surface area contributed by atoms with E-state index in [0.29, 0.717) is 46.2 Å². The number of hydrogen-bond acceptors (Lipinski definition) is 6. The summed E-state index contributed by atoms with van der Waals surface area (Å²) in [6, 6.07) is 5.52. The van der Waals surface area contributed by atoms with E-state index in [0.717, 1.165) is 21.9 Å². The quantitative estimate of drug-likeness (QED) is 0.362. The molecule has 0 N–H and O–H groups in total. The van der Waals surface area contributed by atoms with Crippen LogP contribution in [0.15, 0.2) is 27.6 Å². The fourth-order valence-electron chi connectivity index (χ4n) is 3.07. The molecule has 3 rings (SSSR count). The number of fused-ring (bicyclic) bond motifs is 1. The van der Waals surface area contributed by atoms with Gasteiger partial charge in [0.05, 0.1) is 16.2 Å². The van der Waals surface area contributed by atoms with Gasteiger partial charge in [0.15, 0.2) is 0 Å². The summed E-state index contributed by atoms with van der Waals surface area (Å²) in [6.45, 7) is 0.407. The average Bonchev–Trinajstić information content (AvgIpc) is 3.01. The van der Waals surface area contributed by atoms with Gasteiger partial charge in [0, 0.05) is 29.6 Å². The van der Waals surface area contributed by atoms with Crippen LogP contribution in [0.2, 0.25) is 0 Å². The molecule has 1 fully saturated rings. The minimum atomic E-state index is -1.07. The Labute approximate surface area is 174 Å². The van der Waals surface area contributed by atoms with Crippen molar-refractivity contribution in [1.29, 1.82) is 0 Å². The van der Waals surface area contributed by atoms with E-state index < -0.39 is 5.97 Å². The molecule has 0 radical (unpaired) electrons. The summed E-state index contributed by atoms with van der Waals surface area (Å²) in [5, 5.41) is 10.4. The van der Waals surface area contributed by atoms with Crippen molar-refractivity contribution < 1.29 is 19.5 Å². The Bertz CT molecular complexity index is 884. The number of carbonyl (C=O) groups is 3. The molecule has 1 aromatic rings. The van der Waals surface area contributed by atoms with Gasteiger partial charge in [-0.3, -0.25) is 14.5 Å². The van der Waals surface area contributed by atoms with Gasteiger partial charge in [-0.1, -0.05) is 46.3 Å². The van der Waals surface area contributed by atoms with Crippen LogP contribution in [0.4, 0.5) is 5.69 Å². The summed E-state index contributed by atoms with van der Waals surface area (Å²) in [7, 11) is 1.68. The van der Waals surface area contributed by atoms with Crippen molar-refractivity contribution in [2.45, 2.75) is 25.7 Å². The molecule has 9 heteroatoms. The first-order valence-electron chi connectivity index (χ1n) is 8.37. The number of halogens is 1. The number of carbonyl (C=O) groups excluding carboxylic acids is 3. The zero-order valence-electron chi connectivity index (χ0n) is 14.5. The number of amides is 2. The highest BCUT2D eigenvalue weighted by atomic mass is 79.9. The molecule has 0 spiro atoms. The van der Waals surface area contributed by atoms with Crippen LogP contribution in [-0.4, -0.2) is 40.6 Å². The van der Waals surface area contributed by atoms with Crippen LogP contribution in [0, 0.1) is 0 Å². The summed E-state index contributed by atoms with van der Waals surface area (Å²) in [5.41, 5.74) is 1.85. The van der Waals surface area contributed by atoms with E-state index in [1.54, 1.807) is 7.05 Å². The number of carboxylic acid groups (broad SMARTS) is 1. The minimum absolute atomic E-state index is 0.00887. The van der Waals surface area contributed by atoms with Crippen LogP contribution in [0.3, 0.4) is 0 Å². The van der Waals surface area contributed by atoms with Crippen LogP contribution in [-0.2, 0) is 14.4 Å². The molecule has 0 bridgehead atoms. The van der Waals surface area contributed by atoms with E-state index in [4.69, 9.17) is 12.2 Å². The fraction of sp³-hybridized carbons (Fsp3) is 0.333. The molecule has 0 aromatic heterocycles. The number of nitrogens with zero attached hydrogens (tertiary/aromatic N) is 2. The second kappa shape index (κ2) is 8.12. The van der Waals surface area contributed by atoms with Crippen molar-refractivity contribution in [3.8, 4) is 0 Å². The third-order valence-electron chi connectivity index (χ3n) is 4.45.